The summed E-state index contributed by atoms with van der Waals surface area (Å²) in [6.45, 7) is 0. The molecule has 22 heavy (non-hydrogen) atoms. The van der Waals surface area contributed by atoms with E-state index in [-0.39, 0.29) is 0 Å². The molecule has 0 spiro atoms. The maximum absolute atomic E-state index is 5.75. The highest BCUT2D eigenvalue weighted by Crippen LogP contribution is 2.25. The van der Waals surface area contributed by atoms with Gasteiger partial charge in [-0.2, -0.15) is 4.68 Å². The van der Waals surface area contributed by atoms with Crippen molar-refractivity contribution in [3.8, 4) is 17.1 Å². The largest absolute Gasteiger partial charge is 0.399 e. The number of tetrazole rings is 1. The van der Waals surface area contributed by atoms with Gasteiger partial charge in [0.05, 0.1) is 5.69 Å². The van der Waals surface area contributed by atoms with Gasteiger partial charge >= 0.3 is 0 Å². The molecule has 0 fully saturated rings. The first kappa shape index (κ1) is 12.5. The highest BCUT2D eigenvalue weighted by atomic mass is 15.5. The van der Waals surface area contributed by atoms with Crippen molar-refractivity contribution in [1.29, 1.82) is 0 Å². The van der Waals surface area contributed by atoms with E-state index in [1.54, 1.807) is 4.68 Å². The van der Waals surface area contributed by atoms with Crippen LogP contribution >= 0.6 is 0 Å². The van der Waals surface area contributed by atoms with E-state index >= 15 is 0 Å². The number of rotatable bonds is 2. The molecule has 1 aromatic heterocycles. The average Bonchev–Trinajstić information content (AvgIpc) is 3.04. The predicted octanol–water partition coefficient (Wildman–Crippen LogP) is 3.06. The number of nitrogen functional groups attached to an aromatic ring is 1. The van der Waals surface area contributed by atoms with Crippen LogP contribution in [-0.4, -0.2) is 20.2 Å². The van der Waals surface area contributed by atoms with Gasteiger partial charge in [0.15, 0.2) is 5.82 Å². The third-order valence-electron chi connectivity index (χ3n) is 3.63. The molecule has 1 heterocycles. The van der Waals surface area contributed by atoms with Gasteiger partial charge in [0.25, 0.3) is 0 Å². The van der Waals surface area contributed by atoms with E-state index in [0.29, 0.717) is 11.5 Å². The smallest absolute Gasteiger partial charge is 0.187 e. The molecule has 2 N–H and O–H groups in total. The summed E-state index contributed by atoms with van der Waals surface area (Å²) in [5.74, 6) is 0.691. The van der Waals surface area contributed by atoms with E-state index in [4.69, 9.17) is 5.73 Å². The van der Waals surface area contributed by atoms with Crippen LogP contribution in [0.3, 0.4) is 0 Å². The SMILES string of the molecule is Nc1ccc(-c2nnnn2-c2cccc3ccccc23)cc1. The molecule has 0 aliphatic carbocycles. The fourth-order valence-corrected chi connectivity index (χ4v) is 2.55. The topological polar surface area (TPSA) is 69.6 Å². The van der Waals surface area contributed by atoms with Crippen molar-refractivity contribution >= 4 is 16.5 Å². The molecule has 3 aromatic carbocycles. The lowest BCUT2D eigenvalue weighted by Gasteiger charge is -2.08. The Hall–Kier alpha value is -3.21. The molecule has 0 saturated carbocycles. The monoisotopic (exact) mass is 287 g/mol. The minimum absolute atomic E-state index is 0.691. The Kier molecular flexibility index (Phi) is 2.83. The molecule has 0 unspecified atom stereocenters. The Bertz CT molecular complexity index is 935. The van der Waals surface area contributed by atoms with Crippen LogP contribution in [0.5, 0.6) is 0 Å². The summed E-state index contributed by atoms with van der Waals surface area (Å²) in [4.78, 5) is 0. The van der Waals surface area contributed by atoms with Crippen molar-refractivity contribution in [3.63, 3.8) is 0 Å². The fraction of sp³-hybridized carbons (Fsp3) is 0. The minimum Gasteiger partial charge on any atom is -0.399 e. The van der Waals surface area contributed by atoms with Crippen LogP contribution in [0, 0.1) is 0 Å². The summed E-state index contributed by atoms with van der Waals surface area (Å²) in [5, 5.41) is 14.4. The molecule has 0 atom stereocenters. The number of benzene rings is 3. The molecule has 0 amide bonds. The van der Waals surface area contributed by atoms with Crippen molar-refractivity contribution in [2.75, 3.05) is 5.73 Å². The lowest BCUT2D eigenvalue weighted by molar-refractivity contribution is 0.795. The Morgan fingerprint density at radius 3 is 2.45 bits per heavy atom. The maximum Gasteiger partial charge on any atom is 0.187 e. The normalized spacial score (nSPS) is 10.9. The summed E-state index contributed by atoms with van der Waals surface area (Å²) in [5.41, 5.74) is 8.34. The molecule has 0 aliphatic heterocycles. The second kappa shape index (κ2) is 4.96. The zero-order chi connectivity index (χ0) is 14.9. The van der Waals surface area contributed by atoms with Gasteiger partial charge in [0, 0.05) is 16.6 Å². The molecule has 0 radical (unpaired) electrons. The van der Waals surface area contributed by atoms with Crippen molar-refractivity contribution in [3.05, 3.63) is 66.7 Å². The number of fused-ring (bicyclic) bond motifs is 1. The third kappa shape index (κ3) is 2.00. The summed E-state index contributed by atoms with van der Waals surface area (Å²) >= 11 is 0. The second-order valence-corrected chi connectivity index (χ2v) is 5.03. The van der Waals surface area contributed by atoms with Gasteiger partial charge in [-0.25, -0.2) is 0 Å². The Morgan fingerprint density at radius 2 is 1.59 bits per heavy atom. The minimum atomic E-state index is 0.691. The summed E-state index contributed by atoms with van der Waals surface area (Å²) in [6.07, 6.45) is 0. The highest BCUT2D eigenvalue weighted by molar-refractivity contribution is 5.90. The molecule has 0 bridgehead atoms. The van der Waals surface area contributed by atoms with Crippen LogP contribution in [0.4, 0.5) is 5.69 Å². The molecule has 106 valence electrons. The number of hydrogen-bond acceptors (Lipinski definition) is 4. The second-order valence-electron chi connectivity index (χ2n) is 5.03. The van der Waals surface area contributed by atoms with E-state index < -0.39 is 0 Å². The number of nitrogens with zero attached hydrogens (tertiary/aromatic N) is 4. The Labute approximate surface area is 127 Å². The van der Waals surface area contributed by atoms with E-state index in [9.17, 15) is 0 Å². The summed E-state index contributed by atoms with van der Waals surface area (Å²) in [6, 6.07) is 21.8. The first-order chi connectivity index (χ1) is 10.8. The molecule has 5 nitrogen and oxygen atoms in total. The van der Waals surface area contributed by atoms with Gasteiger partial charge in [-0.15, -0.1) is 5.10 Å². The fourth-order valence-electron chi connectivity index (χ4n) is 2.55. The molecule has 4 rings (SSSR count). The van der Waals surface area contributed by atoms with Crippen molar-refractivity contribution in [2.45, 2.75) is 0 Å². The van der Waals surface area contributed by atoms with Crippen LogP contribution in [-0.2, 0) is 0 Å². The zero-order valence-corrected chi connectivity index (χ0v) is 11.7. The van der Waals surface area contributed by atoms with Crippen molar-refractivity contribution in [2.24, 2.45) is 0 Å². The highest BCUT2D eigenvalue weighted by Gasteiger charge is 2.12. The number of nitrogens with two attached hydrogens (primary N) is 1. The molecular weight excluding hydrogens is 274 g/mol. The van der Waals surface area contributed by atoms with Gasteiger partial charge in [0.2, 0.25) is 0 Å². The van der Waals surface area contributed by atoms with E-state index in [0.717, 1.165) is 22.0 Å². The van der Waals surface area contributed by atoms with Crippen LogP contribution in [0.1, 0.15) is 0 Å². The van der Waals surface area contributed by atoms with Crippen LogP contribution < -0.4 is 5.73 Å². The molecular formula is C17H13N5. The van der Waals surface area contributed by atoms with Crippen molar-refractivity contribution < 1.29 is 0 Å². The molecule has 0 aliphatic rings. The van der Waals surface area contributed by atoms with Crippen LogP contribution in [0.2, 0.25) is 0 Å². The molecule has 0 saturated heterocycles. The maximum atomic E-state index is 5.75. The first-order valence-electron chi connectivity index (χ1n) is 6.95. The van der Waals surface area contributed by atoms with Gasteiger partial charge in [-0.3, -0.25) is 0 Å². The van der Waals surface area contributed by atoms with E-state index in [1.165, 1.54) is 0 Å². The third-order valence-corrected chi connectivity index (χ3v) is 3.63. The quantitative estimate of drug-likeness (QED) is 0.575. The number of anilines is 1. The average molecular weight is 287 g/mol. The van der Waals surface area contributed by atoms with E-state index in [2.05, 4.69) is 33.7 Å². The van der Waals surface area contributed by atoms with Gasteiger partial charge in [-0.05, 0) is 46.1 Å². The summed E-state index contributed by atoms with van der Waals surface area (Å²) in [7, 11) is 0. The molecule has 5 heteroatoms. The predicted molar refractivity (Wildman–Crippen MR) is 86.5 cm³/mol. The number of aromatic nitrogens is 4. The first-order valence-corrected chi connectivity index (χ1v) is 6.95. The van der Waals surface area contributed by atoms with Gasteiger partial charge in [-0.1, -0.05) is 36.4 Å². The number of hydrogen-bond donors (Lipinski definition) is 1. The molecule has 4 aromatic rings. The lowest BCUT2D eigenvalue weighted by Crippen LogP contribution is -2.00. The van der Waals surface area contributed by atoms with Crippen molar-refractivity contribution in [1.82, 2.24) is 20.2 Å². The van der Waals surface area contributed by atoms with E-state index in [1.807, 2.05) is 48.5 Å². The van der Waals surface area contributed by atoms with Gasteiger partial charge in [0.1, 0.15) is 0 Å². The van der Waals surface area contributed by atoms with Gasteiger partial charge < -0.3 is 5.73 Å². The Morgan fingerprint density at radius 1 is 0.818 bits per heavy atom. The standard InChI is InChI=1S/C17H13N5/c18-14-10-8-13(9-11-14)17-19-20-21-22(17)16-7-3-5-12-4-1-2-6-15(12)16/h1-11H,18H2. The summed E-state index contributed by atoms with van der Waals surface area (Å²) < 4.78 is 1.76. The lowest BCUT2D eigenvalue weighted by atomic mass is 10.1. The zero-order valence-electron chi connectivity index (χ0n) is 11.7. The van der Waals surface area contributed by atoms with Crippen LogP contribution in [0.15, 0.2) is 66.7 Å². The van der Waals surface area contributed by atoms with Crippen LogP contribution in [0.25, 0.3) is 27.8 Å². The Balaban J connectivity index is 1.94.